The highest BCUT2D eigenvalue weighted by Gasteiger charge is 1.98. The normalized spacial score (nSPS) is 10.5. The molecule has 134 valence electrons. The molecule has 0 bridgehead atoms. The van der Waals surface area contributed by atoms with Crippen molar-refractivity contribution in [3.05, 3.63) is 30.6 Å². The van der Waals surface area contributed by atoms with Gasteiger partial charge in [-0.3, -0.25) is 0 Å². The highest BCUT2D eigenvalue weighted by atomic mass is 35.5. The molecule has 0 unspecified atom stereocenters. The topological polar surface area (TPSA) is 3.88 Å². The number of halogens is 1. The lowest BCUT2D eigenvalue weighted by Gasteiger charge is -2.02. The molecule has 0 aromatic carbocycles. The van der Waals surface area contributed by atoms with Gasteiger partial charge < -0.3 is 12.4 Å². The van der Waals surface area contributed by atoms with Crippen LogP contribution in [0.1, 0.15) is 96.8 Å². The molecule has 0 atom stereocenters. The Morgan fingerprint density at radius 1 is 0.522 bits per heavy atom. The zero-order valence-electron chi connectivity index (χ0n) is 15.3. The van der Waals surface area contributed by atoms with Crippen molar-refractivity contribution < 1.29 is 17.0 Å². The Hall–Kier alpha value is -0.560. The Morgan fingerprint density at radius 2 is 0.913 bits per heavy atom. The van der Waals surface area contributed by atoms with Crippen LogP contribution in [0.5, 0.6) is 0 Å². The van der Waals surface area contributed by atoms with Crippen molar-refractivity contribution in [3.8, 4) is 0 Å². The molecule has 0 saturated carbocycles. The van der Waals surface area contributed by atoms with Crippen LogP contribution in [0.3, 0.4) is 0 Å². The number of pyridine rings is 1. The quantitative estimate of drug-likeness (QED) is 0.340. The third-order valence-electron chi connectivity index (χ3n) is 4.55. The van der Waals surface area contributed by atoms with Crippen molar-refractivity contribution in [1.29, 1.82) is 0 Å². The molecule has 1 nitrogen and oxygen atoms in total. The summed E-state index contributed by atoms with van der Waals surface area (Å²) in [5.74, 6) is 0. The first-order chi connectivity index (χ1) is 10.9. The maximum atomic E-state index is 2.29. The summed E-state index contributed by atoms with van der Waals surface area (Å²) >= 11 is 0. The predicted molar refractivity (Wildman–Crippen MR) is 96.9 cm³/mol. The second kappa shape index (κ2) is 17.8. The van der Waals surface area contributed by atoms with Gasteiger partial charge in [-0.05, 0) is 6.42 Å². The summed E-state index contributed by atoms with van der Waals surface area (Å²) in [5, 5.41) is 0. The highest BCUT2D eigenvalue weighted by Crippen LogP contribution is 2.12. The molecule has 0 amide bonds. The number of nitrogens with zero attached hydrogens (tertiary/aromatic N) is 1. The summed E-state index contributed by atoms with van der Waals surface area (Å²) in [4.78, 5) is 0. The van der Waals surface area contributed by atoms with E-state index in [1.807, 2.05) is 0 Å². The van der Waals surface area contributed by atoms with Crippen molar-refractivity contribution in [1.82, 2.24) is 0 Å². The molecule has 0 aliphatic rings. The average Bonchev–Trinajstić information content (AvgIpc) is 2.56. The first-order valence-corrected chi connectivity index (χ1v) is 9.87. The molecule has 0 spiro atoms. The van der Waals surface area contributed by atoms with E-state index in [0.29, 0.717) is 0 Å². The van der Waals surface area contributed by atoms with Crippen LogP contribution in [-0.2, 0) is 6.54 Å². The molecule has 0 aliphatic carbocycles. The third-order valence-corrected chi connectivity index (χ3v) is 4.55. The molecular weight excluding hydrogens is 302 g/mol. The van der Waals surface area contributed by atoms with E-state index in [0.717, 1.165) is 0 Å². The van der Waals surface area contributed by atoms with Gasteiger partial charge in [0.1, 0.15) is 6.54 Å². The molecule has 1 aromatic rings. The Kier molecular flexibility index (Phi) is 17.4. The Balaban J connectivity index is 0.00000484. The van der Waals surface area contributed by atoms with Crippen LogP contribution < -0.4 is 17.0 Å². The summed E-state index contributed by atoms with van der Waals surface area (Å²) in [6, 6.07) is 6.31. The van der Waals surface area contributed by atoms with Crippen molar-refractivity contribution in [2.45, 2.75) is 103 Å². The fourth-order valence-corrected chi connectivity index (χ4v) is 3.07. The van der Waals surface area contributed by atoms with Gasteiger partial charge in [-0.25, -0.2) is 4.57 Å². The highest BCUT2D eigenvalue weighted by molar-refractivity contribution is 4.83. The fraction of sp³-hybridized carbons (Fsp3) is 0.762. The number of hydrogen-bond donors (Lipinski definition) is 0. The zero-order valence-corrected chi connectivity index (χ0v) is 16.1. The molecule has 0 radical (unpaired) electrons. The number of hydrogen-bond acceptors (Lipinski definition) is 0. The van der Waals surface area contributed by atoms with E-state index in [2.05, 4.69) is 42.1 Å². The Morgan fingerprint density at radius 3 is 1.35 bits per heavy atom. The van der Waals surface area contributed by atoms with Gasteiger partial charge in [0.05, 0.1) is 0 Å². The summed E-state index contributed by atoms with van der Waals surface area (Å²) < 4.78 is 2.29. The molecule has 0 fully saturated rings. The molecule has 23 heavy (non-hydrogen) atoms. The Bertz CT molecular complexity index is 326. The lowest BCUT2D eigenvalue weighted by molar-refractivity contribution is -0.697. The molecule has 2 heteroatoms. The SMILES string of the molecule is CCCCCCCCCCCCCCCC[n+]1ccccc1.[Cl-]. The molecule has 0 saturated heterocycles. The van der Waals surface area contributed by atoms with Crippen molar-refractivity contribution in [2.75, 3.05) is 0 Å². The van der Waals surface area contributed by atoms with Gasteiger partial charge in [0.2, 0.25) is 0 Å². The smallest absolute Gasteiger partial charge is 0.168 e. The third kappa shape index (κ3) is 14.7. The molecular formula is C21H38ClN. The van der Waals surface area contributed by atoms with Crippen LogP contribution in [-0.4, -0.2) is 0 Å². The van der Waals surface area contributed by atoms with Gasteiger partial charge in [0, 0.05) is 18.6 Å². The van der Waals surface area contributed by atoms with Gasteiger partial charge in [-0.1, -0.05) is 90.0 Å². The summed E-state index contributed by atoms with van der Waals surface area (Å²) in [7, 11) is 0. The molecule has 1 rings (SSSR count). The number of rotatable bonds is 15. The van der Waals surface area contributed by atoms with Crippen LogP contribution >= 0.6 is 0 Å². The first kappa shape index (κ1) is 22.4. The molecule has 0 N–H and O–H groups in total. The van der Waals surface area contributed by atoms with Gasteiger partial charge in [0.25, 0.3) is 0 Å². The van der Waals surface area contributed by atoms with Crippen LogP contribution in [0, 0.1) is 0 Å². The van der Waals surface area contributed by atoms with Gasteiger partial charge in [-0.15, -0.1) is 0 Å². The molecule has 1 heterocycles. The molecule has 0 aliphatic heterocycles. The van der Waals surface area contributed by atoms with E-state index < -0.39 is 0 Å². The van der Waals surface area contributed by atoms with Crippen LogP contribution in [0.25, 0.3) is 0 Å². The molecule has 1 aromatic heterocycles. The van der Waals surface area contributed by atoms with Crippen LogP contribution in [0.4, 0.5) is 0 Å². The van der Waals surface area contributed by atoms with E-state index in [1.54, 1.807) is 0 Å². The maximum absolute atomic E-state index is 2.29. The van der Waals surface area contributed by atoms with Gasteiger partial charge in [-0.2, -0.15) is 0 Å². The fourth-order valence-electron chi connectivity index (χ4n) is 3.07. The van der Waals surface area contributed by atoms with Gasteiger partial charge >= 0.3 is 0 Å². The van der Waals surface area contributed by atoms with Gasteiger partial charge in [0.15, 0.2) is 12.4 Å². The number of unbranched alkanes of at least 4 members (excludes halogenated alkanes) is 13. The Labute approximate surface area is 151 Å². The van der Waals surface area contributed by atoms with Crippen molar-refractivity contribution in [2.24, 2.45) is 0 Å². The summed E-state index contributed by atoms with van der Waals surface area (Å²) in [6.45, 7) is 3.47. The summed E-state index contributed by atoms with van der Waals surface area (Å²) in [5.41, 5.74) is 0. The second-order valence-corrected chi connectivity index (χ2v) is 6.71. The van der Waals surface area contributed by atoms with E-state index in [9.17, 15) is 0 Å². The minimum Gasteiger partial charge on any atom is -1.00 e. The number of aryl methyl sites for hydroxylation is 1. The van der Waals surface area contributed by atoms with E-state index in [4.69, 9.17) is 0 Å². The minimum atomic E-state index is 0. The van der Waals surface area contributed by atoms with Crippen molar-refractivity contribution in [3.63, 3.8) is 0 Å². The zero-order chi connectivity index (χ0) is 15.7. The lowest BCUT2D eigenvalue weighted by atomic mass is 10.0. The van der Waals surface area contributed by atoms with Crippen molar-refractivity contribution >= 4 is 0 Å². The van der Waals surface area contributed by atoms with Crippen LogP contribution in [0.2, 0.25) is 0 Å². The first-order valence-electron chi connectivity index (χ1n) is 9.87. The number of aromatic nitrogens is 1. The van der Waals surface area contributed by atoms with Crippen LogP contribution in [0.15, 0.2) is 30.6 Å². The lowest BCUT2D eigenvalue weighted by Crippen LogP contribution is -3.00. The summed E-state index contributed by atoms with van der Waals surface area (Å²) in [6.07, 6.45) is 24.4. The largest absolute Gasteiger partial charge is 1.00 e. The second-order valence-electron chi connectivity index (χ2n) is 6.71. The maximum Gasteiger partial charge on any atom is 0.168 e. The van der Waals surface area contributed by atoms with E-state index >= 15 is 0 Å². The van der Waals surface area contributed by atoms with E-state index in [1.165, 1.54) is 96.4 Å². The van der Waals surface area contributed by atoms with E-state index in [-0.39, 0.29) is 12.4 Å². The minimum absolute atomic E-state index is 0. The average molecular weight is 340 g/mol. The standard InChI is InChI=1S/C21H38N.ClH/c1-2-3-4-5-6-7-8-9-10-11-12-13-14-16-19-22-20-17-15-18-21-22;/h15,17-18,20-21H,2-14,16,19H2,1H3;1H/q+1;/p-1. The monoisotopic (exact) mass is 339 g/mol. The predicted octanol–water partition coefficient (Wildman–Crippen LogP) is 3.46.